The van der Waals surface area contributed by atoms with Gasteiger partial charge in [0.1, 0.15) is 0 Å². The molecule has 0 aromatic heterocycles. The lowest BCUT2D eigenvalue weighted by molar-refractivity contribution is 0.980. The van der Waals surface area contributed by atoms with Crippen LogP contribution in [0.15, 0.2) is 10.2 Å². The Morgan fingerprint density at radius 1 is 1.75 bits per heavy atom. The molecule has 0 fully saturated rings. The first-order chi connectivity index (χ1) is 3.93. The number of rotatable bonds is 2. The Hall–Kier alpha value is -0.660. The maximum absolute atomic E-state index is 3.91. The van der Waals surface area contributed by atoms with E-state index in [1.807, 2.05) is 6.21 Å². The summed E-state index contributed by atoms with van der Waals surface area (Å²) in [6.45, 7) is 2.15. The molecule has 0 amide bonds. The van der Waals surface area contributed by atoms with E-state index in [-0.39, 0.29) is 0 Å². The van der Waals surface area contributed by atoms with Crippen molar-refractivity contribution in [1.29, 1.82) is 0 Å². The molecule has 0 saturated heterocycles. The summed E-state index contributed by atoms with van der Waals surface area (Å²) in [5.41, 5.74) is 1.23. The fourth-order valence-electron chi connectivity index (χ4n) is 0.750. The average Bonchev–Trinajstić information content (AvgIpc) is 2.19. The highest BCUT2D eigenvalue weighted by molar-refractivity contribution is 5.98. The first-order valence-corrected chi connectivity index (χ1v) is 3.00. The monoisotopic (exact) mass is 110 g/mol. The van der Waals surface area contributed by atoms with Crippen molar-refractivity contribution in [2.45, 2.75) is 26.2 Å². The molecule has 1 heterocycles. The van der Waals surface area contributed by atoms with Gasteiger partial charge in [-0.2, -0.15) is 10.2 Å². The van der Waals surface area contributed by atoms with Gasteiger partial charge >= 0.3 is 0 Å². The summed E-state index contributed by atoms with van der Waals surface area (Å²) in [6, 6.07) is 0. The molecule has 1 rings (SSSR count). The second-order valence-corrected chi connectivity index (χ2v) is 1.92. The molecule has 0 spiro atoms. The SMILES string of the molecule is CCCC1=NN=CC1. The maximum atomic E-state index is 3.91. The Labute approximate surface area is 49.3 Å². The first-order valence-electron chi connectivity index (χ1n) is 3.00. The van der Waals surface area contributed by atoms with Gasteiger partial charge in [-0.15, -0.1) is 0 Å². The molecule has 0 N–H and O–H groups in total. The molecule has 0 atom stereocenters. The predicted molar refractivity (Wildman–Crippen MR) is 35.5 cm³/mol. The summed E-state index contributed by atoms with van der Waals surface area (Å²) in [6.07, 6.45) is 5.13. The molecule has 8 heavy (non-hydrogen) atoms. The van der Waals surface area contributed by atoms with Crippen LogP contribution in [0.25, 0.3) is 0 Å². The molecule has 0 aromatic rings. The summed E-state index contributed by atoms with van der Waals surface area (Å²) >= 11 is 0. The van der Waals surface area contributed by atoms with Gasteiger partial charge in [-0.3, -0.25) is 0 Å². The molecule has 0 radical (unpaired) electrons. The molecule has 0 aromatic carbocycles. The van der Waals surface area contributed by atoms with Crippen molar-refractivity contribution in [3.63, 3.8) is 0 Å². The molecule has 0 unspecified atom stereocenters. The zero-order chi connectivity index (χ0) is 5.82. The van der Waals surface area contributed by atoms with Gasteiger partial charge in [0.05, 0.1) is 0 Å². The number of hydrogen-bond donors (Lipinski definition) is 0. The van der Waals surface area contributed by atoms with E-state index in [4.69, 9.17) is 0 Å². The van der Waals surface area contributed by atoms with E-state index in [1.165, 1.54) is 12.1 Å². The Kier molecular flexibility index (Phi) is 1.78. The second-order valence-electron chi connectivity index (χ2n) is 1.92. The molecule has 1 aliphatic rings. The van der Waals surface area contributed by atoms with Gasteiger partial charge in [-0.1, -0.05) is 13.3 Å². The topological polar surface area (TPSA) is 24.7 Å². The van der Waals surface area contributed by atoms with Crippen LogP contribution in [0.2, 0.25) is 0 Å². The summed E-state index contributed by atoms with van der Waals surface area (Å²) in [7, 11) is 0. The second kappa shape index (κ2) is 2.60. The molecule has 2 nitrogen and oxygen atoms in total. The minimum atomic E-state index is 0.980. The number of hydrogen-bond acceptors (Lipinski definition) is 2. The lowest BCUT2D eigenvalue weighted by Crippen LogP contribution is -1.91. The molecule has 0 bridgehead atoms. The predicted octanol–water partition coefficient (Wildman–Crippen LogP) is 1.62. The summed E-state index contributed by atoms with van der Waals surface area (Å²) in [5, 5.41) is 7.66. The van der Waals surface area contributed by atoms with Crippen LogP contribution in [0.1, 0.15) is 26.2 Å². The van der Waals surface area contributed by atoms with Gasteiger partial charge in [0.25, 0.3) is 0 Å². The summed E-state index contributed by atoms with van der Waals surface area (Å²) in [5.74, 6) is 0. The molecule has 0 aliphatic carbocycles. The Morgan fingerprint density at radius 3 is 3.12 bits per heavy atom. The average molecular weight is 110 g/mol. The molecule has 44 valence electrons. The first kappa shape index (κ1) is 5.48. The number of nitrogens with zero attached hydrogens (tertiary/aromatic N) is 2. The van der Waals surface area contributed by atoms with Crippen molar-refractivity contribution < 1.29 is 0 Å². The minimum absolute atomic E-state index is 0.980. The Bertz CT molecular complexity index is 124. The lowest BCUT2D eigenvalue weighted by Gasteiger charge is -1.89. The van der Waals surface area contributed by atoms with Crippen LogP contribution in [0, 0.1) is 0 Å². The lowest BCUT2D eigenvalue weighted by atomic mass is 10.2. The third-order valence-corrected chi connectivity index (χ3v) is 1.15. The minimum Gasteiger partial charge on any atom is -0.163 e. The molecule has 0 saturated carbocycles. The molecule has 1 aliphatic heterocycles. The van der Waals surface area contributed by atoms with Crippen molar-refractivity contribution in [1.82, 2.24) is 0 Å². The van der Waals surface area contributed by atoms with E-state index < -0.39 is 0 Å². The quantitative estimate of drug-likeness (QED) is 0.516. The van der Waals surface area contributed by atoms with Crippen molar-refractivity contribution in [3.05, 3.63) is 0 Å². The van der Waals surface area contributed by atoms with E-state index in [9.17, 15) is 0 Å². The van der Waals surface area contributed by atoms with Crippen LogP contribution in [0.4, 0.5) is 0 Å². The van der Waals surface area contributed by atoms with Crippen molar-refractivity contribution >= 4 is 11.9 Å². The largest absolute Gasteiger partial charge is 0.163 e. The van der Waals surface area contributed by atoms with Gasteiger partial charge < -0.3 is 0 Å². The highest BCUT2D eigenvalue weighted by atomic mass is 15.2. The summed E-state index contributed by atoms with van der Waals surface area (Å²) in [4.78, 5) is 0. The fourth-order valence-corrected chi connectivity index (χ4v) is 0.750. The van der Waals surface area contributed by atoms with E-state index >= 15 is 0 Å². The summed E-state index contributed by atoms with van der Waals surface area (Å²) < 4.78 is 0. The van der Waals surface area contributed by atoms with Gasteiger partial charge in [0.2, 0.25) is 0 Å². The normalized spacial score (nSPS) is 16.9. The van der Waals surface area contributed by atoms with Crippen LogP contribution >= 0.6 is 0 Å². The standard InChI is InChI=1S/C6H10N2/c1-2-3-6-4-5-7-8-6/h5H,2-4H2,1H3. The van der Waals surface area contributed by atoms with Gasteiger partial charge in [-0.25, -0.2) is 0 Å². The van der Waals surface area contributed by atoms with E-state index in [2.05, 4.69) is 17.1 Å². The van der Waals surface area contributed by atoms with Gasteiger partial charge in [0.15, 0.2) is 0 Å². The highest BCUT2D eigenvalue weighted by Crippen LogP contribution is 2.00. The van der Waals surface area contributed by atoms with E-state index in [0.29, 0.717) is 0 Å². The van der Waals surface area contributed by atoms with Crippen LogP contribution in [-0.2, 0) is 0 Å². The van der Waals surface area contributed by atoms with Crippen molar-refractivity contribution in [3.8, 4) is 0 Å². The van der Waals surface area contributed by atoms with Crippen LogP contribution in [-0.4, -0.2) is 11.9 Å². The molecular weight excluding hydrogens is 100 g/mol. The Balaban J connectivity index is 2.28. The van der Waals surface area contributed by atoms with Crippen molar-refractivity contribution in [2.24, 2.45) is 10.2 Å². The third-order valence-electron chi connectivity index (χ3n) is 1.15. The smallest absolute Gasteiger partial charge is 0.0459 e. The maximum Gasteiger partial charge on any atom is 0.0459 e. The van der Waals surface area contributed by atoms with E-state index in [1.54, 1.807) is 0 Å². The highest BCUT2D eigenvalue weighted by Gasteiger charge is 1.98. The molecular formula is C6H10N2. The zero-order valence-electron chi connectivity index (χ0n) is 5.09. The van der Waals surface area contributed by atoms with Gasteiger partial charge in [-0.05, 0) is 6.42 Å². The zero-order valence-corrected chi connectivity index (χ0v) is 5.09. The fraction of sp³-hybridized carbons (Fsp3) is 0.667. The van der Waals surface area contributed by atoms with Crippen molar-refractivity contribution in [2.75, 3.05) is 0 Å². The van der Waals surface area contributed by atoms with Gasteiger partial charge in [0, 0.05) is 18.3 Å². The van der Waals surface area contributed by atoms with Crippen LogP contribution in [0.3, 0.4) is 0 Å². The third kappa shape index (κ3) is 1.15. The van der Waals surface area contributed by atoms with Crippen LogP contribution in [0.5, 0.6) is 0 Å². The van der Waals surface area contributed by atoms with E-state index in [0.717, 1.165) is 12.8 Å². The molecule has 2 heteroatoms. The Morgan fingerprint density at radius 2 is 2.62 bits per heavy atom. The van der Waals surface area contributed by atoms with Crippen LogP contribution < -0.4 is 0 Å².